The number of hydrogen-bond donors (Lipinski definition) is 0. The molecule has 0 bridgehead atoms. The summed E-state index contributed by atoms with van der Waals surface area (Å²) in [5.41, 5.74) is 2.23. The van der Waals surface area contributed by atoms with E-state index in [4.69, 9.17) is 0 Å². The first-order valence-electron chi connectivity index (χ1n) is 4.58. The van der Waals surface area contributed by atoms with Crippen LogP contribution in [-0.4, -0.2) is 5.66 Å². The molecule has 0 heterocycles. The Labute approximate surface area is 77.2 Å². The second-order valence-electron chi connectivity index (χ2n) is 3.35. The molecule has 0 amide bonds. The van der Waals surface area contributed by atoms with Gasteiger partial charge in [0, 0.05) is 0 Å². The molecule has 0 aliphatic rings. The second kappa shape index (κ2) is 4.62. The Kier molecular flexibility index (Phi) is 3.75. The van der Waals surface area contributed by atoms with E-state index in [1.165, 1.54) is 10.9 Å². The standard InChI is InChI=1S/C11H17P/c1-4-10-5-7-11(8-6-10)12-9(2)3/h5-9,12H,4H2,1-3H3. The topological polar surface area (TPSA) is 0 Å². The summed E-state index contributed by atoms with van der Waals surface area (Å²) >= 11 is 0. The van der Waals surface area contributed by atoms with Gasteiger partial charge in [0.05, 0.1) is 0 Å². The third-order valence-electron chi connectivity index (χ3n) is 1.82. The lowest BCUT2D eigenvalue weighted by atomic mass is 10.2. The Morgan fingerprint density at radius 3 is 2.17 bits per heavy atom. The molecule has 0 fully saturated rings. The summed E-state index contributed by atoms with van der Waals surface area (Å²) in [6, 6.07) is 9.00. The van der Waals surface area contributed by atoms with Gasteiger partial charge in [-0.15, -0.1) is 0 Å². The molecule has 0 radical (unpaired) electrons. The van der Waals surface area contributed by atoms with Crippen LogP contribution in [-0.2, 0) is 6.42 Å². The molecule has 12 heavy (non-hydrogen) atoms. The van der Waals surface area contributed by atoms with Gasteiger partial charge in [0.1, 0.15) is 0 Å². The molecule has 1 aromatic carbocycles. The minimum Gasteiger partial charge on any atom is -0.0878 e. The Balaban J connectivity index is 2.65. The van der Waals surface area contributed by atoms with Crippen LogP contribution in [0.1, 0.15) is 26.3 Å². The minimum atomic E-state index is 0.789. The number of benzene rings is 1. The molecule has 1 rings (SSSR count). The highest BCUT2D eigenvalue weighted by Crippen LogP contribution is 2.17. The lowest BCUT2D eigenvalue weighted by molar-refractivity contribution is 1.11. The molecule has 0 saturated carbocycles. The third-order valence-corrected chi connectivity index (χ3v) is 3.06. The molecule has 0 aromatic heterocycles. The normalized spacial score (nSPS) is 11.7. The van der Waals surface area contributed by atoms with Crippen LogP contribution in [0.15, 0.2) is 24.3 Å². The van der Waals surface area contributed by atoms with Crippen LogP contribution < -0.4 is 5.30 Å². The van der Waals surface area contributed by atoms with Gasteiger partial charge in [-0.1, -0.05) is 53.6 Å². The predicted octanol–water partition coefficient (Wildman–Crippen LogP) is 2.96. The van der Waals surface area contributed by atoms with Crippen molar-refractivity contribution in [3.8, 4) is 0 Å². The smallest absolute Gasteiger partial charge is 0.0253 e. The maximum atomic E-state index is 2.27. The van der Waals surface area contributed by atoms with E-state index in [0.29, 0.717) is 0 Å². The summed E-state index contributed by atoms with van der Waals surface area (Å²) in [5, 5.41) is 1.49. The molecule has 0 saturated heterocycles. The van der Waals surface area contributed by atoms with Gasteiger partial charge in [-0.2, -0.15) is 0 Å². The van der Waals surface area contributed by atoms with Crippen molar-refractivity contribution in [3.63, 3.8) is 0 Å². The minimum absolute atomic E-state index is 0.789. The van der Waals surface area contributed by atoms with Gasteiger partial charge in [-0.25, -0.2) is 0 Å². The van der Waals surface area contributed by atoms with Crippen molar-refractivity contribution >= 4 is 13.9 Å². The van der Waals surface area contributed by atoms with Crippen molar-refractivity contribution in [2.24, 2.45) is 0 Å². The van der Waals surface area contributed by atoms with Gasteiger partial charge in [-0.05, 0) is 22.9 Å². The van der Waals surface area contributed by atoms with Crippen molar-refractivity contribution in [2.45, 2.75) is 32.9 Å². The van der Waals surface area contributed by atoms with Gasteiger partial charge in [0.15, 0.2) is 0 Å². The molecule has 1 atom stereocenters. The van der Waals surface area contributed by atoms with Gasteiger partial charge in [-0.3, -0.25) is 0 Å². The fraction of sp³-hybridized carbons (Fsp3) is 0.455. The van der Waals surface area contributed by atoms with Crippen LogP contribution in [0, 0.1) is 0 Å². The second-order valence-corrected chi connectivity index (χ2v) is 5.37. The van der Waals surface area contributed by atoms with Gasteiger partial charge in [0.25, 0.3) is 0 Å². The molecule has 0 aliphatic heterocycles. The molecule has 0 spiro atoms. The summed E-state index contributed by atoms with van der Waals surface area (Å²) in [7, 11) is 0.959. The Hall–Kier alpha value is -0.350. The van der Waals surface area contributed by atoms with E-state index >= 15 is 0 Å². The van der Waals surface area contributed by atoms with Gasteiger partial charge < -0.3 is 0 Å². The van der Waals surface area contributed by atoms with Crippen LogP contribution in [0.2, 0.25) is 0 Å². The first-order chi connectivity index (χ1) is 5.72. The fourth-order valence-corrected chi connectivity index (χ4v) is 2.20. The summed E-state index contributed by atoms with van der Waals surface area (Å²) < 4.78 is 0. The van der Waals surface area contributed by atoms with Crippen LogP contribution in [0.5, 0.6) is 0 Å². The molecule has 1 heteroatoms. The average molecular weight is 180 g/mol. The highest BCUT2D eigenvalue weighted by molar-refractivity contribution is 7.47. The molecular weight excluding hydrogens is 163 g/mol. The summed E-state index contributed by atoms with van der Waals surface area (Å²) in [5.74, 6) is 0. The number of rotatable bonds is 3. The zero-order valence-electron chi connectivity index (χ0n) is 8.09. The molecular formula is C11H17P. The first-order valence-corrected chi connectivity index (χ1v) is 5.65. The van der Waals surface area contributed by atoms with E-state index in [0.717, 1.165) is 20.7 Å². The molecule has 0 aliphatic carbocycles. The van der Waals surface area contributed by atoms with Crippen molar-refractivity contribution < 1.29 is 0 Å². The van der Waals surface area contributed by atoms with Crippen LogP contribution >= 0.6 is 8.58 Å². The molecule has 0 N–H and O–H groups in total. The largest absolute Gasteiger partial charge is 0.0878 e. The molecule has 0 nitrogen and oxygen atoms in total. The molecule has 66 valence electrons. The van der Waals surface area contributed by atoms with Crippen LogP contribution in [0.3, 0.4) is 0 Å². The van der Waals surface area contributed by atoms with E-state index < -0.39 is 0 Å². The Bertz CT molecular complexity index is 223. The predicted molar refractivity (Wildman–Crippen MR) is 58.9 cm³/mol. The molecule has 1 unspecified atom stereocenters. The summed E-state index contributed by atoms with van der Waals surface area (Å²) in [6.07, 6.45) is 1.14. The lowest BCUT2D eigenvalue weighted by Crippen LogP contribution is -1.98. The summed E-state index contributed by atoms with van der Waals surface area (Å²) in [6.45, 7) is 6.73. The maximum Gasteiger partial charge on any atom is -0.0253 e. The van der Waals surface area contributed by atoms with Crippen LogP contribution in [0.4, 0.5) is 0 Å². The monoisotopic (exact) mass is 180 g/mol. The van der Waals surface area contributed by atoms with E-state index in [1.54, 1.807) is 0 Å². The SMILES string of the molecule is CCc1ccc(PC(C)C)cc1. The highest BCUT2D eigenvalue weighted by Gasteiger charge is 1.96. The van der Waals surface area contributed by atoms with Gasteiger partial charge in [0.2, 0.25) is 0 Å². The van der Waals surface area contributed by atoms with Crippen molar-refractivity contribution in [1.82, 2.24) is 0 Å². The summed E-state index contributed by atoms with van der Waals surface area (Å²) in [4.78, 5) is 0. The zero-order valence-corrected chi connectivity index (χ0v) is 9.09. The van der Waals surface area contributed by atoms with Crippen molar-refractivity contribution in [3.05, 3.63) is 29.8 Å². The Morgan fingerprint density at radius 1 is 1.17 bits per heavy atom. The van der Waals surface area contributed by atoms with E-state index in [9.17, 15) is 0 Å². The Morgan fingerprint density at radius 2 is 1.75 bits per heavy atom. The maximum absolute atomic E-state index is 2.27. The van der Waals surface area contributed by atoms with Crippen molar-refractivity contribution in [2.75, 3.05) is 0 Å². The fourth-order valence-electron chi connectivity index (χ4n) is 1.17. The van der Waals surface area contributed by atoms with E-state index in [2.05, 4.69) is 45.0 Å². The highest BCUT2D eigenvalue weighted by atomic mass is 31.1. The zero-order chi connectivity index (χ0) is 8.97. The lowest BCUT2D eigenvalue weighted by Gasteiger charge is -2.05. The van der Waals surface area contributed by atoms with Gasteiger partial charge >= 0.3 is 0 Å². The molecule has 1 aromatic rings. The number of aryl methyl sites for hydroxylation is 1. The number of hydrogen-bond acceptors (Lipinski definition) is 0. The average Bonchev–Trinajstić information content (AvgIpc) is 2.05. The third kappa shape index (κ3) is 2.95. The van der Waals surface area contributed by atoms with Crippen LogP contribution in [0.25, 0.3) is 0 Å². The van der Waals surface area contributed by atoms with Crippen molar-refractivity contribution in [1.29, 1.82) is 0 Å². The van der Waals surface area contributed by atoms with E-state index in [-0.39, 0.29) is 0 Å². The van der Waals surface area contributed by atoms with E-state index in [1.807, 2.05) is 0 Å². The quantitative estimate of drug-likeness (QED) is 0.627. The first kappa shape index (κ1) is 9.74.